The van der Waals surface area contributed by atoms with Crippen molar-refractivity contribution in [2.75, 3.05) is 6.61 Å². The summed E-state index contributed by atoms with van der Waals surface area (Å²) in [5.74, 6) is 0.0822. The fraction of sp³-hybridized carbons (Fsp3) is 0.867. The molecule has 0 bridgehead atoms. The first-order valence-electron chi connectivity index (χ1n) is 7.58. The summed E-state index contributed by atoms with van der Waals surface area (Å²) in [5.41, 5.74) is -0.392. The van der Waals surface area contributed by atoms with Gasteiger partial charge in [-0.15, -0.1) is 0 Å². The van der Waals surface area contributed by atoms with Gasteiger partial charge >= 0.3 is 0 Å². The highest BCUT2D eigenvalue weighted by molar-refractivity contribution is 5.97. The molecule has 2 aliphatic heterocycles. The number of hydrogen-bond acceptors (Lipinski definition) is 3. The van der Waals surface area contributed by atoms with Crippen LogP contribution < -0.4 is 5.32 Å². The van der Waals surface area contributed by atoms with Gasteiger partial charge in [0.2, 0.25) is 11.8 Å². The van der Waals surface area contributed by atoms with Crippen molar-refractivity contribution < 1.29 is 14.3 Å². The van der Waals surface area contributed by atoms with Gasteiger partial charge in [0, 0.05) is 6.61 Å². The first kappa shape index (κ1) is 15.3. The summed E-state index contributed by atoms with van der Waals surface area (Å²) in [6, 6.07) is -0.804. The molecule has 5 nitrogen and oxygen atoms in total. The van der Waals surface area contributed by atoms with Crippen LogP contribution in [-0.4, -0.2) is 47.0 Å². The van der Waals surface area contributed by atoms with Crippen molar-refractivity contribution in [1.82, 2.24) is 10.2 Å². The molecule has 5 heteroatoms. The van der Waals surface area contributed by atoms with E-state index in [0.717, 1.165) is 6.42 Å². The zero-order valence-electron chi connectivity index (χ0n) is 13.1. The number of rotatable bonds is 3. The summed E-state index contributed by atoms with van der Waals surface area (Å²) in [4.78, 5) is 27.1. The van der Waals surface area contributed by atoms with Gasteiger partial charge in [-0.05, 0) is 32.6 Å². The Kier molecular flexibility index (Phi) is 4.09. The van der Waals surface area contributed by atoms with Crippen LogP contribution in [0.3, 0.4) is 0 Å². The van der Waals surface area contributed by atoms with Crippen molar-refractivity contribution in [3.63, 3.8) is 0 Å². The third kappa shape index (κ3) is 2.22. The lowest BCUT2D eigenvalue weighted by atomic mass is 9.85. The highest BCUT2D eigenvalue weighted by Crippen LogP contribution is 2.37. The Morgan fingerprint density at radius 2 is 2.10 bits per heavy atom. The maximum Gasteiger partial charge on any atom is 0.246 e. The van der Waals surface area contributed by atoms with Crippen molar-refractivity contribution in [3.05, 3.63) is 0 Å². The van der Waals surface area contributed by atoms with Crippen LogP contribution in [0.4, 0.5) is 0 Å². The van der Waals surface area contributed by atoms with Crippen LogP contribution in [0.15, 0.2) is 0 Å². The maximum atomic E-state index is 12.8. The maximum absolute atomic E-state index is 12.8. The van der Waals surface area contributed by atoms with Gasteiger partial charge in [0.25, 0.3) is 0 Å². The van der Waals surface area contributed by atoms with Crippen molar-refractivity contribution >= 4 is 11.8 Å². The number of carbonyl (C=O) groups excluding carboxylic acids is 2. The number of ether oxygens (including phenoxy) is 1. The summed E-state index contributed by atoms with van der Waals surface area (Å²) in [6.45, 7) is 10.6. The van der Waals surface area contributed by atoms with Crippen LogP contribution >= 0.6 is 0 Å². The lowest BCUT2D eigenvalue weighted by molar-refractivity contribution is -0.161. The Hall–Kier alpha value is -1.10. The average Bonchev–Trinajstić information content (AvgIpc) is 2.71. The number of piperazine rings is 1. The number of nitrogens with zero attached hydrogens (tertiary/aromatic N) is 1. The van der Waals surface area contributed by atoms with Gasteiger partial charge in [0.1, 0.15) is 12.1 Å². The molecule has 1 N–H and O–H groups in total. The smallest absolute Gasteiger partial charge is 0.246 e. The molecular formula is C15H26N2O3. The molecule has 20 heavy (non-hydrogen) atoms. The largest absolute Gasteiger partial charge is 0.376 e. The van der Waals surface area contributed by atoms with Crippen LogP contribution in [-0.2, 0) is 14.3 Å². The molecule has 0 aromatic carbocycles. The molecule has 2 rings (SSSR count). The summed E-state index contributed by atoms with van der Waals surface area (Å²) in [6.07, 6.45) is 1.36. The fourth-order valence-electron chi connectivity index (χ4n) is 3.33. The molecule has 2 amide bonds. The topological polar surface area (TPSA) is 58.6 Å². The number of nitrogens with one attached hydrogen (secondary N) is 1. The molecule has 2 aliphatic rings. The van der Waals surface area contributed by atoms with E-state index in [1.165, 1.54) is 0 Å². The Balaban J connectivity index is 2.42. The molecule has 2 heterocycles. The lowest BCUT2D eigenvalue weighted by Crippen LogP contribution is -2.71. The van der Waals surface area contributed by atoms with Crippen LogP contribution in [0.5, 0.6) is 0 Å². The van der Waals surface area contributed by atoms with Crippen molar-refractivity contribution in [3.8, 4) is 0 Å². The molecule has 2 fully saturated rings. The second-order valence-electron chi connectivity index (χ2n) is 6.49. The second kappa shape index (κ2) is 5.35. The summed E-state index contributed by atoms with van der Waals surface area (Å²) in [7, 11) is 0. The van der Waals surface area contributed by atoms with Gasteiger partial charge in [-0.1, -0.05) is 20.8 Å². The Morgan fingerprint density at radius 1 is 1.45 bits per heavy atom. The highest BCUT2D eigenvalue weighted by Gasteiger charge is 2.53. The molecule has 0 spiro atoms. The quantitative estimate of drug-likeness (QED) is 0.849. The molecule has 0 radical (unpaired) electrons. The monoisotopic (exact) mass is 282 g/mol. The van der Waals surface area contributed by atoms with Gasteiger partial charge in [0.15, 0.2) is 0 Å². The third-order valence-corrected chi connectivity index (χ3v) is 4.84. The van der Waals surface area contributed by atoms with Crippen LogP contribution in [0.25, 0.3) is 0 Å². The molecule has 2 saturated heterocycles. The lowest BCUT2D eigenvalue weighted by Gasteiger charge is -2.50. The van der Waals surface area contributed by atoms with E-state index < -0.39 is 17.6 Å². The van der Waals surface area contributed by atoms with Crippen molar-refractivity contribution in [2.24, 2.45) is 5.92 Å². The number of hydrogen-bond donors (Lipinski definition) is 1. The second-order valence-corrected chi connectivity index (χ2v) is 6.49. The predicted molar refractivity (Wildman–Crippen MR) is 76.1 cm³/mol. The van der Waals surface area contributed by atoms with E-state index in [1.807, 2.05) is 39.5 Å². The van der Waals surface area contributed by atoms with E-state index in [1.54, 1.807) is 0 Å². The normalized spacial score (nSPS) is 38.5. The van der Waals surface area contributed by atoms with Gasteiger partial charge in [0.05, 0.1) is 11.6 Å². The van der Waals surface area contributed by atoms with Crippen molar-refractivity contribution in [2.45, 2.75) is 71.2 Å². The van der Waals surface area contributed by atoms with Gasteiger partial charge in [-0.2, -0.15) is 0 Å². The molecule has 4 unspecified atom stereocenters. The minimum Gasteiger partial charge on any atom is -0.376 e. The van der Waals surface area contributed by atoms with E-state index >= 15 is 0 Å². The van der Waals surface area contributed by atoms with E-state index in [-0.39, 0.29) is 23.8 Å². The standard InChI is InChI=1S/C15H26N2O3/c1-6-11-14(19)17(12(9(2)3)13(18)16-11)15(5)7-8-20-10(15)4/h9-12H,6-8H2,1-5H3,(H,16,18). The molecule has 114 valence electrons. The summed E-state index contributed by atoms with van der Waals surface area (Å²) in [5, 5.41) is 2.86. The molecule has 0 aromatic heterocycles. The summed E-state index contributed by atoms with van der Waals surface area (Å²) < 4.78 is 5.68. The molecule has 0 aliphatic carbocycles. The Labute approximate surface area is 121 Å². The molecule has 0 aromatic rings. The zero-order valence-corrected chi connectivity index (χ0v) is 13.1. The van der Waals surface area contributed by atoms with Crippen molar-refractivity contribution in [1.29, 1.82) is 0 Å². The first-order valence-corrected chi connectivity index (χ1v) is 7.58. The predicted octanol–water partition coefficient (Wildman–Crippen LogP) is 1.32. The van der Waals surface area contributed by atoms with Gasteiger partial charge in [-0.3, -0.25) is 9.59 Å². The zero-order chi connectivity index (χ0) is 15.1. The summed E-state index contributed by atoms with van der Waals surface area (Å²) >= 11 is 0. The van der Waals surface area contributed by atoms with Crippen LogP contribution in [0.1, 0.15) is 47.5 Å². The van der Waals surface area contributed by atoms with E-state index in [2.05, 4.69) is 5.32 Å². The Bertz CT molecular complexity index is 410. The third-order valence-electron chi connectivity index (χ3n) is 4.84. The highest BCUT2D eigenvalue weighted by atomic mass is 16.5. The molecule has 4 atom stereocenters. The van der Waals surface area contributed by atoms with Gasteiger partial charge < -0.3 is 15.0 Å². The van der Waals surface area contributed by atoms with Gasteiger partial charge in [-0.25, -0.2) is 0 Å². The van der Waals surface area contributed by atoms with Crippen LogP contribution in [0.2, 0.25) is 0 Å². The average molecular weight is 282 g/mol. The minimum atomic E-state index is -0.403. The van der Waals surface area contributed by atoms with E-state index in [9.17, 15) is 9.59 Å². The first-order chi connectivity index (χ1) is 9.32. The molecular weight excluding hydrogens is 256 g/mol. The van der Waals surface area contributed by atoms with E-state index in [0.29, 0.717) is 13.0 Å². The number of carbonyl (C=O) groups is 2. The molecule has 0 saturated carbocycles. The minimum absolute atomic E-state index is 0.0330. The SMILES string of the molecule is CCC1NC(=O)C(C(C)C)N(C2(C)CCOC2C)C1=O. The fourth-order valence-corrected chi connectivity index (χ4v) is 3.33. The van der Waals surface area contributed by atoms with Crippen LogP contribution in [0, 0.1) is 5.92 Å². The van der Waals surface area contributed by atoms with E-state index in [4.69, 9.17) is 4.74 Å². The Morgan fingerprint density at radius 3 is 2.55 bits per heavy atom. The number of amides is 2.